The van der Waals surface area contributed by atoms with Gasteiger partial charge in [-0.25, -0.2) is 9.37 Å². The van der Waals surface area contributed by atoms with Crippen LogP contribution in [0.5, 0.6) is 0 Å². The Morgan fingerprint density at radius 1 is 1.50 bits per heavy atom. The number of rotatable bonds is 7. The molecule has 100 valence electrons. The van der Waals surface area contributed by atoms with E-state index in [1.54, 1.807) is 7.11 Å². The Kier molecular flexibility index (Phi) is 6.60. The summed E-state index contributed by atoms with van der Waals surface area (Å²) in [5, 5.41) is 2.68. The van der Waals surface area contributed by atoms with Gasteiger partial charge in [-0.3, -0.25) is 4.79 Å². The van der Waals surface area contributed by atoms with Gasteiger partial charge in [0.2, 0.25) is 0 Å². The van der Waals surface area contributed by atoms with Crippen LogP contribution < -0.4 is 5.32 Å². The van der Waals surface area contributed by atoms with Crippen LogP contribution in [0.15, 0.2) is 12.3 Å². The molecule has 0 saturated heterocycles. The van der Waals surface area contributed by atoms with Crippen LogP contribution in [0.2, 0.25) is 5.15 Å². The minimum Gasteiger partial charge on any atom is -0.385 e. The molecule has 0 unspecified atom stereocenters. The molecule has 0 spiro atoms. The van der Waals surface area contributed by atoms with Gasteiger partial charge in [0.15, 0.2) is 0 Å². The molecule has 1 rings (SSSR count). The first-order chi connectivity index (χ1) is 8.65. The summed E-state index contributed by atoms with van der Waals surface area (Å²) in [4.78, 5) is 15.3. The van der Waals surface area contributed by atoms with Crippen molar-refractivity contribution in [2.75, 3.05) is 20.3 Å². The SMILES string of the molecule is COCCCCCNC(=O)c1cc(F)cnc1Cl. The minimum atomic E-state index is -0.579. The van der Waals surface area contributed by atoms with E-state index in [0.717, 1.165) is 31.5 Å². The van der Waals surface area contributed by atoms with E-state index >= 15 is 0 Å². The molecule has 0 atom stereocenters. The number of amides is 1. The largest absolute Gasteiger partial charge is 0.385 e. The van der Waals surface area contributed by atoms with E-state index in [1.165, 1.54) is 0 Å². The maximum Gasteiger partial charge on any atom is 0.254 e. The number of carbonyl (C=O) groups excluding carboxylic acids is 1. The van der Waals surface area contributed by atoms with Crippen molar-refractivity contribution in [3.63, 3.8) is 0 Å². The summed E-state index contributed by atoms with van der Waals surface area (Å²) in [5.41, 5.74) is 0.0635. The number of hydrogen-bond acceptors (Lipinski definition) is 3. The van der Waals surface area contributed by atoms with E-state index in [2.05, 4.69) is 10.3 Å². The van der Waals surface area contributed by atoms with E-state index in [9.17, 15) is 9.18 Å². The van der Waals surface area contributed by atoms with Crippen LogP contribution >= 0.6 is 11.6 Å². The van der Waals surface area contributed by atoms with Crippen LogP contribution in [0.1, 0.15) is 29.6 Å². The van der Waals surface area contributed by atoms with E-state index in [-0.39, 0.29) is 10.7 Å². The third kappa shape index (κ3) is 4.98. The molecule has 0 aromatic carbocycles. The van der Waals surface area contributed by atoms with E-state index < -0.39 is 11.7 Å². The molecule has 0 radical (unpaired) electrons. The van der Waals surface area contributed by atoms with Gasteiger partial charge in [0.05, 0.1) is 11.8 Å². The molecule has 0 aliphatic heterocycles. The smallest absolute Gasteiger partial charge is 0.254 e. The molecule has 1 heterocycles. The lowest BCUT2D eigenvalue weighted by atomic mass is 10.2. The van der Waals surface area contributed by atoms with Gasteiger partial charge in [0, 0.05) is 20.3 Å². The van der Waals surface area contributed by atoms with Crippen molar-refractivity contribution in [2.24, 2.45) is 0 Å². The first-order valence-corrected chi connectivity index (χ1v) is 6.11. The van der Waals surface area contributed by atoms with Gasteiger partial charge in [-0.15, -0.1) is 0 Å². The monoisotopic (exact) mass is 274 g/mol. The zero-order chi connectivity index (χ0) is 13.4. The second-order valence-electron chi connectivity index (χ2n) is 3.80. The van der Waals surface area contributed by atoms with Gasteiger partial charge in [0.25, 0.3) is 5.91 Å². The second-order valence-corrected chi connectivity index (χ2v) is 4.16. The average molecular weight is 275 g/mol. The number of aromatic nitrogens is 1. The molecule has 1 aromatic rings. The minimum absolute atomic E-state index is 0.00767. The Labute approximate surface area is 110 Å². The maximum absolute atomic E-state index is 12.9. The predicted molar refractivity (Wildman–Crippen MR) is 67.3 cm³/mol. The van der Waals surface area contributed by atoms with Crippen LogP contribution in [0.25, 0.3) is 0 Å². The summed E-state index contributed by atoms with van der Waals surface area (Å²) in [5.74, 6) is -0.983. The Bertz CT molecular complexity index is 402. The van der Waals surface area contributed by atoms with Crippen molar-refractivity contribution < 1.29 is 13.9 Å². The maximum atomic E-state index is 12.9. The summed E-state index contributed by atoms with van der Waals surface area (Å²) in [6.45, 7) is 1.24. The standard InChI is InChI=1S/C12H16ClFN2O2/c1-18-6-4-2-3-5-15-12(17)10-7-9(14)8-16-11(10)13/h7-8H,2-6H2,1H3,(H,15,17). The first kappa shape index (κ1) is 14.9. The van der Waals surface area contributed by atoms with Gasteiger partial charge in [-0.05, 0) is 25.3 Å². The highest BCUT2D eigenvalue weighted by Gasteiger charge is 2.11. The lowest BCUT2D eigenvalue weighted by molar-refractivity contribution is 0.0952. The van der Waals surface area contributed by atoms with E-state index in [0.29, 0.717) is 13.2 Å². The van der Waals surface area contributed by atoms with Crippen molar-refractivity contribution in [1.29, 1.82) is 0 Å². The van der Waals surface area contributed by atoms with Crippen LogP contribution in [-0.2, 0) is 4.74 Å². The van der Waals surface area contributed by atoms with Crippen LogP contribution in [0.3, 0.4) is 0 Å². The van der Waals surface area contributed by atoms with Gasteiger partial charge < -0.3 is 10.1 Å². The van der Waals surface area contributed by atoms with Gasteiger partial charge in [0.1, 0.15) is 11.0 Å². The van der Waals surface area contributed by atoms with E-state index in [4.69, 9.17) is 16.3 Å². The fourth-order valence-electron chi connectivity index (χ4n) is 1.43. The van der Waals surface area contributed by atoms with Crippen molar-refractivity contribution in [3.8, 4) is 0 Å². The zero-order valence-corrected chi connectivity index (χ0v) is 11.0. The number of methoxy groups -OCH3 is 1. The Morgan fingerprint density at radius 3 is 3.00 bits per heavy atom. The number of pyridine rings is 1. The number of unbranched alkanes of at least 4 members (excludes halogenated alkanes) is 2. The van der Waals surface area contributed by atoms with Gasteiger partial charge >= 0.3 is 0 Å². The lowest BCUT2D eigenvalue weighted by Gasteiger charge is -2.06. The van der Waals surface area contributed by atoms with E-state index in [1.807, 2.05) is 0 Å². The quantitative estimate of drug-likeness (QED) is 0.614. The molecule has 1 N–H and O–H groups in total. The van der Waals surface area contributed by atoms with Gasteiger partial charge in [-0.1, -0.05) is 11.6 Å². The molecule has 1 aromatic heterocycles. The number of hydrogen-bond donors (Lipinski definition) is 1. The molecule has 0 fully saturated rings. The molecular formula is C12H16ClFN2O2. The molecule has 0 aliphatic rings. The first-order valence-electron chi connectivity index (χ1n) is 5.73. The second kappa shape index (κ2) is 8.00. The highest BCUT2D eigenvalue weighted by atomic mass is 35.5. The summed E-state index contributed by atoms with van der Waals surface area (Å²) >= 11 is 5.72. The summed E-state index contributed by atoms with van der Waals surface area (Å²) < 4.78 is 17.8. The number of carbonyl (C=O) groups is 1. The molecule has 4 nitrogen and oxygen atoms in total. The Morgan fingerprint density at radius 2 is 2.28 bits per heavy atom. The Balaban J connectivity index is 2.34. The third-order valence-corrected chi connectivity index (χ3v) is 2.66. The highest BCUT2D eigenvalue weighted by Crippen LogP contribution is 2.13. The lowest BCUT2D eigenvalue weighted by Crippen LogP contribution is -2.25. The van der Waals surface area contributed by atoms with Crippen molar-refractivity contribution in [1.82, 2.24) is 10.3 Å². The Hall–Kier alpha value is -1.20. The third-order valence-electron chi connectivity index (χ3n) is 2.36. The predicted octanol–water partition coefficient (Wildman–Crippen LogP) is 2.42. The van der Waals surface area contributed by atoms with Crippen molar-refractivity contribution in [3.05, 3.63) is 28.8 Å². The van der Waals surface area contributed by atoms with Gasteiger partial charge in [-0.2, -0.15) is 0 Å². The molecule has 0 bridgehead atoms. The highest BCUT2D eigenvalue weighted by molar-refractivity contribution is 6.32. The molecular weight excluding hydrogens is 259 g/mol. The summed E-state index contributed by atoms with van der Waals surface area (Å²) in [7, 11) is 1.65. The zero-order valence-electron chi connectivity index (χ0n) is 10.2. The van der Waals surface area contributed by atoms with Crippen molar-refractivity contribution in [2.45, 2.75) is 19.3 Å². The number of halogens is 2. The topological polar surface area (TPSA) is 51.2 Å². The fourth-order valence-corrected chi connectivity index (χ4v) is 1.62. The number of ether oxygens (including phenoxy) is 1. The molecule has 0 aliphatic carbocycles. The summed E-state index contributed by atoms with van der Waals surface area (Å²) in [6, 6.07) is 1.08. The van der Waals surface area contributed by atoms with Crippen LogP contribution in [-0.4, -0.2) is 31.2 Å². The molecule has 18 heavy (non-hydrogen) atoms. The molecule has 6 heteroatoms. The van der Waals surface area contributed by atoms with Crippen LogP contribution in [0, 0.1) is 5.82 Å². The van der Waals surface area contributed by atoms with Crippen molar-refractivity contribution >= 4 is 17.5 Å². The number of nitrogens with one attached hydrogen (secondary N) is 1. The molecule has 1 amide bonds. The fraction of sp³-hybridized carbons (Fsp3) is 0.500. The summed E-state index contributed by atoms with van der Waals surface area (Å²) in [6.07, 6.45) is 3.73. The average Bonchev–Trinajstić information content (AvgIpc) is 2.36. The van der Waals surface area contributed by atoms with Crippen LogP contribution in [0.4, 0.5) is 4.39 Å². The normalized spacial score (nSPS) is 10.4. The number of nitrogens with zero attached hydrogens (tertiary/aromatic N) is 1. The molecule has 0 saturated carbocycles.